The maximum absolute atomic E-state index is 13.4. The highest BCUT2D eigenvalue weighted by Crippen LogP contribution is 2.41. The van der Waals surface area contributed by atoms with Crippen molar-refractivity contribution in [3.8, 4) is 17.0 Å². The smallest absolute Gasteiger partial charge is 0.339 e. The normalized spacial score (nSPS) is 19.3. The highest BCUT2D eigenvalue weighted by Gasteiger charge is 2.50. The molecule has 1 aromatic heterocycles. The van der Waals surface area contributed by atoms with Gasteiger partial charge in [0.25, 0.3) is 0 Å². The Labute approximate surface area is 262 Å². The van der Waals surface area contributed by atoms with Crippen molar-refractivity contribution in [2.24, 2.45) is 17.8 Å². The highest BCUT2D eigenvalue weighted by molar-refractivity contribution is 9.10. The predicted molar refractivity (Wildman–Crippen MR) is 170 cm³/mol. The number of hydrogen-bond donors (Lipinski definition) is 0. The van der Waals surface area contributed by atoms with E-state index >= 15 is 0 Å². The number of anilines is 1. The lowest BCUT2D eigenvalue weighted by Gasteiger charge is -2.22. The number of methoxy groups -OCH3 is 1. The van der Waals surface area contributed by atoms with E-state index < -0.39 is 12.6 Å². The van der Waals surface area contributed by atoms with Crippen LogP contribution in [0.5, 0.6) is 5.75 Å². The maximum atomic E-state index is 13.4. The number of Topliss-reactive ketones (excluding diaryl/α,β-unsaturated/α-hetero) is 1. The Hall–Kier alpha value is -4.63. The lowest BCUT2D eigenvalue weighted by Crippen LogP contribution is -2.31. The molecule has 1 aliphatic heterocycles. The molecule has 1 aliphatic carbocycles. The Kier molecular flexibility index (Phi) is 7.90. The quantitative estimate of drug-likeness (QED) is 0.0944. The molecule has 9 heteroatoms. The molecule has 6 rings (SSSR count). The predicted octanol–water partition coefficient (Wildman–Crippen LogP) is 6.72. The molecule has 222 valence electrons. The Morgan fingerprint density at radius 1 is 1.02 bits per heavy atom. The molecule has 8 nitrogen and oxygen atoms in total. The van der Waals surface area contributed by atoms with Gasteiger partial charge in [0.1, 0.15) is 5.75 Å². The van der Waals surface area contributed by atoms with Crippen LogP contribution in [0.3, 0.4) is 0 Å². The van der Waals surface area contributed by atoms with Crippen LogP contribution < -0.4 is 9.64 Å². The van der Waals surface area contributed by atoms with Crippen molar-refractivity contribution >= 4 is 56.1 Å². The summed E-state index contributed by atoms with van der Waals surface area (Å²) in [5.74, 6) is -1.53. The lowest BCUT2D eigenvalue weighted by molar-refractivity contribution is -0.122. The van der Waals surface area contributed by atoms with E-state index in [1.54, 1.807) is 60.7 Å². The number of fused-ring (bicyclic) bond motifs is 2. The molecule has 0 radical (unpaired) electrons. The molecule has 0 saturated carbocycles. The molecule has 0 bridgehead atoms. The Balaban J connectivity index is 1.30. The minimum atomic E-state index is -0.664. The molecule has 4 aromatic rings. The van der Waals surface area contributed by atoms with E-state index in [0.29, 0.717) is 45.6 Å². The zero-order valence-electron chi connectivity index (χ0n) is 24.4. The average molecular weight is 654 g/mol. The van der Waals surface area contributed by atoms with Crippen LogP contribution in [-0.2, 0) is 14.3 Å². The van der Waals surface area contributed by atoms with Gasteiger partial charge in [-0.05, 0) is 67.3 Å². The van der Waals surface area contributed by atoms with E-state index in [-0.39, 0.29) is 40.9 Å². The third kappa shape index (κ3) is 5.32. The van der Waals surface area contributed by atoms with Crippen molar-refractivity contribution in [3.05, 3.63) is 100 Å². The molecule has 3 unspecified atom stereocenters. The number of nitrogens with zero attached hydrogens (tertiary/aromatic N) is 2. The summed E-state index contributed by atoms with van der Waals surface area (Å²) in [6, 6.07) is 19.0. The number of ketones is 1. The SMILES string of the molecule is COc1cccc(C(=O)COC(=O)c2cc(-c3ccc(N4C(=O)C5CC=CC(C)C5C4=O)cc3)nc3c(C)cc(Br)cc23)c1. The molecule has 0 N–H and O–H groups in total. The second-order valence-electron chi connectivity index (χ2n) is 11.1. The molecule has 2 heterocycles. The number of carbonyl (C=O) groups excluding carboxylic acids is 4. The number of pyridine rings is 1. The van der Waals surface area contributed by atoms with Crippen molar-refractivity contribution in [2.75, 3.05) is 18.6 Å². The van der Waals surface area contributed by atoms with Crippen molar-refractivity contribution in [2.45, 2.75) is 20.3 Å². The number of carbonyl (C=O) groups is 4. The summed E-state index contributed by atoms with van der Waals surface area (Å²) in [6.45, 7) is 3.42. The van der Waals surface area contributed by atoms with Gasteiger partial charge in [-0.3, -0.25) is 19.3 Å². The molecular formula is C35H29BrN2O6. The van der Waals surface area contributed by atoms with Crippen molar-refractivity contribution in [3.63, 3.8) is 0 Å². The number of aromatic nitrogens is 1. The van der Waals surface area contributed by atoms with E-state index in [2.05, 4.69) is 15.9 Å². The molecule has 44 heavy (non-hydrogen) atoms. The summed E-state index contributed by atoms with van der Waals surface area (Å²) in [4.78, 5) is 58.8. The number of aryl methyl sites for hydroxylation is 1. The third-order valence-electron chi connectivity index (χ3n) is 8.31. The Morgan fingerprint density at radius 3 is 2.52 bits per heavy atom. The van der Waals surface area contributed by atoms with Gasteiger partial charge in [-0.2, -0.15) is 0 Å². The number of halogens is 1. The van der Waals surface area contributed by atoms with Crippen LogP contribution in [0.4, 0.5) is 5.69 Å². The highest BCUT2D eigenvalue weighted by atomic mass is 79.9. The van der Waals surface area contributed by atoms with E-state index in [1.807, 2.05) is 32.1 Å². The van der Waals surface area contributed by atoms with Crippen LogP contribution >= 0.6 is 15.9 Å². The van der Waals surface area contributed by atoms with Gasteiger partial charge in [-0.1, -0.05) is 59.3 Å². The summed E-state index contributed by atoms with van der Waals surface area (Å²) in [6.07, 6.45) is 4.55. The molecule has 1 fully saturated rings. The summed E-state index contributed by atoms with van der Waals surface area (Å²) in [5, 5.41) is 0.578. The van der Waals surface area contributed by atoms with Crippen LogP contribution in [0.2, 0.25) is 0 Å². The number of imide groups is 1. The van der Waals surface area contributed by atoms with Crippen LogP contribution in [0.25, 0.3) is 22.2 Å². The molecule has 0 spiro atoms. The zero-order valence-corrected chi connectivity index (χ0v) is 26.0. The Morgan fingerprint density at radius 2 is 1.80 bits per heavy atom. The van der Waals surface area contributed by atoms with E-state index in [4.69, 9.17) is 14.5 Å². The molecular weight excluding hydrogens is 624 g/mol. The molecule has 3 atom stereocenters. The van der Waals surface area contributed by atoms with Crippen LogP contribution in [0.15, 0.2) is 83.4 Å². The second kappa shape index (κ2) is 11.8. The van der Waals surface area contributed by atoms with Gasteiger partial charge in [0.05, 0.1) is 41.4 Å². The van der Waals surface area contributed by atoms with E-state index in [9.17, 15) is 19.2 Å². The Bertz CT molecular complexity index is 1870. The summed E-state index contributed by atoms with van der Waals surface area (Å²) >= 11 is 3.50. The number of esters is 1. The standard InChI is InChI=1S/C35H29BrN2O6/c1-19-6-4-9-26-31(19)34(41)38(33(26)40)24-12-10-21(11-13-24)29-17-28(27-16-23(36)14-20(2)32(27)37-29)35(42)44-18-30(39)22-7-5-8-25(15-22)43-3/h4-8,10-17,19,26,31H,9,18H2,1-3H3. The van der Waals surface area contributed by atoms with Gasteiger partial charge >= 0.3 is 5.97 Å². The molecule has 2 amide bonds. The zero-order chi connectivity index (χ0) is 31.1. The van der Waals surface area contributed by atoms with Crippen LogP contribution in [-0.4, -0.2) is 42.3 Å². The second-order valence-corrected chi connectivity index (χ2v) is 12.0. The fourth-order valence-corrected chi connectivity index (χ4v) is 6.62. The fraction of sp³-hybridized carbons (Fsp3) is 0.229. The summed E-state index contributed by atoms with van der Waals surface area (Å²) < 4.78 is 11.5. The van der Waals surface area contributed by atoms with Gasteiger partial charge in [0, 0.05) is 21.0 Å². The van der Waals surface area contributed by atoms with Gasteiger partial charge in [-0.25, -0.2) is 9.78 Å². The van der Waals surface area contributed by atoms with Gasteiger partial charge in [-0.15, -0.1) is 0 Å². The first kappa shape index (κ1) is 29.4. The van der Waals surface area contributed by atoms with Crippen LogP contribution in [0.1, 0.15) is 39.6 Å². The van der Waals surface area contributed by atoms with Crippen molar-refractivity contribution in [1.29, 1.82) is 0 Å². The number of allylic oxidation sites excluding steroid dienone is 2. The first-order chi connectivity index (χ1) is 21.2. The molecule has 2 aliphatic rings. The first-order valence-corrected chi connectivity index (χ1v) is 15.1. The summed E-state index contributed by atoms with van der Waals surface area (Å²) in [5.41, 5.74) is 3.77. The number of rotatable bonds is 7. The third-order valence-corrected chi connectivity index (χ3v) is 8.77. The number of benzene rings is 3. The number of amides is 2. The van der Waals surface area contributed by atoms with Crippen molar-refractivity contribution in [1.82, 2.24) is 4.98 Å². The fourth-order valence-electron chi connectivity index (χ4n) is 6.05. The number of hydrogen-bond acceptors (Lipinski definition) is 7. The minimum Gasteiger partial charge on any atom is -0.497 e. The number of ether oxygens (including phenoxy) is 2. The molecule has 3 aromatic carbocycles. The maximum Gasteiger partial charge on any atom is 0.339 e. The van der Waals surface area contributed by atoms with E-state index in [0.717, 1.165) is 10.0 Å². The first-order valence-electron chi connectivity index (χ1n) is 14.3. The molecule has 1 saturated heterocycles. The topological polar surface area (TPSA) is 103 Å². The van der Waals surface area contributed by atoms with E-state index in [1.165, 1.54) is 12.0 Å². The van der Waals surface area contributed by atoms with Gasteiger partial charge < -0.3 is 9.47 Å². The minimum absolute atomic E-state index is 0.00328. The van der Waals surface area contributed by atoms with Gasteiger partial charge in [0.2, 0.25) is 11.8 Å². The van der Waals surface area contributed by atoms with Crippen molar-refractivity contribution < 1.29 is 28.7 Å². The monoisotopic (exact) mass is 652 g/mol. The average Bonchev–Trinajstić information content (AvgIpc) is 3.29. The van der Waals surface area contributed by atoms with Crippen LogP contribution in [0, 0.1) is 24.7 Å². The van der Waals surface area contributed by atoms with Gasteiger partial charge in [0.15, 0.2) is 12.4 Å². The largest absolute Gasteiger partial charge is 0.497 e. The lowest BCUT2D eigenvalue weighted by atomic mass is 9.78. The summed E-state index contributed by atoms with van der Waals surface area (Å²) in [7, 11) is 1.51.